The first-order chi connectivity index (χ1) is 5.69. The summed E-state index contributed by atoms with van der Waals surface area (Å²) in [5.41, 5.74) is -0.823. The van der Waals surface area contributed by atoms with Crippen molar-refractivity contribution in [3.63, 3.8) is 0 Å². The second-order valence-corrected chi connectivity index (χ2v) is 2.03. The molecular formula is C7H5F2NO2. The third-order valence-corrected chi connectivity index (χ3v) is 1.32. The molecule has 0 saturated heterocycles. The zero-order valence-electron chi connectivity index (χ0n) is 6.17. The molecule has 5 heteroatoms. The summed E-state index contributed by atoms with van der Waals surface area (Å²) >= 11 is 0. The number of nitrogens with zero attached hydrogens (tertiary/aromatic N) is 1. The van der Waals surface area contributed by atoms with E-state index in [1.807, 2.05) is 0 Å². The summed E-state index contributed by atoms with van der Waals surface area (Å²) < 4.78 is 29.9. The lowest BCUT2D eigenvalue weighted by Crippen LogP contribution is -1.87. The number of benzene rings is 1. The summed E-state index contributed by atoms with van der Waals surface area (Å²) in [5.74, 6) is -2.04. The molecule has 0 heterocycles. The molecule has 0 atom stereocenters. The predicted molar refractivity (Wildman–Crippen MR) is 38.4 cm³/mol. The van der Waals surface area contributed by atoms with Gasteiger partial charge in [0.15, 0.2) is 17.3 Å². The summed E-state index contributed by atoms with van der Waals surface area (Å²) in [5, 5.41) is 2.19. The Balaban J connectivity index is 3.27. The molecule has 0 aliphatic carbocycles. The molecule has 1 aromatic rings. The highest BCUT2D eigenvalue weighted by atomic mass is 19.1. The van der Waals surface area contributed by atoms with Crippen molar-refractivity contribution >= 4 is 5.69 Å². The predicted octanol–water partition coefficient (Wildman–Crippen LogP) is 2.37. The average Bonchev–Trinajstić information content (AvgIpc) is 2.03. The molecule has 0 radical (unpaired) electrons. The van der Waals surface area contributed by atoms with Gasteiger partial charge < -0.3 is 4.74 Å². The number of hydrogen-bond acceptors (Lipinski definition) is 3. The summed E-state index contributed by atoms with van der Waals surface area (Å²) in [4.78, 5) is 9.88. The molecule has 1 rings (SSSR count). The topological polar surface area (TPSA) is 38.7 Å². The molecular weight excluding hydrogens is 168 g/mol. The van der Waals surface area contributed by atoms with Crippen molar-refractivity contribution in [3.05, 3.63) is 28.7 Å². The SMILES string of the molecule is COc1cc(F)c(N=O)c(F)c1. The number of nitroso groups, excluding NO2 is 1. The molecule has 1 aromatic carbocycles. The van der Waals surface area contributed by atoms with Gasteiger partial charge in [0.25, 0.3) is 0 Å². The van der Waals surface area contributed by atoms with Crippen molar-refractivity contribution in [1.82, 2.24) is 0 Å². The van der Waals surface area contributed by atoms with Crippen molar-refractivity contribution in [1.29, 1.82) is 0 Å². The van der Waals surface area contributed by atoms with Gasteiger partial charge in [-0.3, -0.25) is 0 Å². The molecule has 0 amide bonds. The van der Waals surface area contributed by atoms with Gasteiger partial charge in [-0.25, -0.2) is 8.78 Å². The highest BCUT2D eigenvalue weighted by Gasteiger charge is 2.11. The van der Waals surface area contributed by atoms with Gasteiger partial charge in [-0.15, -0.1) is 4.91 Å². The fourth-order valence-electron chi connectivity index (χ4n) is 0.747. The van der Waals surface area contributed by atoms with Crippen LogP contribution in [0, 0.1) is 16.5 Å². The lowest BCUT2D eigenvalue weighted by molar-refractivity contribution is 0.407. The van der Waals surface area contributed by atoms with E-state index < -0.39 is 17.3 Å². The van der Waals surface area contributed by atoms with Crippen molar-refractivity contribution in [3.8, 4) is 5.75 Å². The van der Waals surface area contributed by atoms with Crippen molar-refractivity contribution < 1.29 is 13.5 Å². The summed E-state index contributed by atoms with van der Waals surface area (Å²) in [7, 11) is 1.27. The van der Waals surface area contributed by atoms with Gasteiger partial charge in [0.2, 0.25) is 0 Å². The largest absolute Gasteiger partial charge is 0.497 e. The van der Waals surface area contributed by atoms with Crippen LogP contribution >= 0.6 is 0 Å². The lowest BCUT2D eigenvalue weighted by atomic mass is 10.3. The first-order valence-electron chi connectivity index (χ1n) is 3.05. The van der Waals surface area contributed by atoms with Crippen LogP contribution in [-0.2, 0) is 0 Å². The third kappa shape index (κ3) is 1.39. The summed E-state index contributed by atoms with van der Waals surface area (Å²) in [6.07, 6.45) is 0. The summed E-state index contributed by atoms with van der Waals surface area (Å²) in [6, 6.07) is 1.78. The molecule has 0 aliphatic heterocycles. The smallest absolute Gasteiger partial charge is 0.179 e. The Morgan fingerprint density at radius 2 is 1.83 bits per heavy atom. The Morgan fingerprint density at radius 3 is 2.17 bits per heavy atom. The number of halogens is 2. The molecule has 0 aromatic heterocycles. The van der Waals surface area contributed by atoms with Gasteiger partial charge in [-0.1, -0.05) is 0 Å². The third-order valence-electron chi connectivity index (χ3n) is 1.32. The van der Waals surface area contributed by atoms with Crippen LogP contribution in [0.4, 0.5) is 14.5 Å². The quantitative estimate of drug-likeness (QED) is 0.644. The number of ether oxygens (including phenoxy) is 1. The van der Waals surface area contributed by atoms with Crippen LogP contribution in [0.15, 0.2) is 17.3 Å². The molecule has 0 fully saturated rings. The standard InChI is InChI=1S/C7H5F2NO2/c1-12-4-2-5(8)7(10-11)6(9)3-4/h2-3H,1H3. The second-order valence-electron chi connectivity index (χ2n) is 2.03. The van der Waals surface area contributed by atoms with E-state index in [1.54, 1.807) is 0 Å². The van der Waals surface area contributed by atoms with Crippen LogP contribution in [0.5, 0.6) is 5.75 Å². The van der Waals surface area contributed by atoms with Gasteiger partial charge in [-0.2, -0.15) is 0 Å². The monoisotopic (exact) mass is 173 g/mol. The Hall–Kier alpha value is -1.52. The van der Waals surface area contributed by atoms with Crippen molar-refractivity contribution in [2.75, 3.05) is 7.11 Å². The molecule has 0 unspecified atom stereocenters. The molecule has 64 valence electrons. The summed E-state index contributed by atoms with van der Waals surface area (Å²) in [6.45, 7) is 0. The maximum Gasteiger partial charge on any atom is 0.179 e. The number of rotatable bonds is 2. The van der Waals surface area contributed by atoms with Gasteiger partial charge in [0, 0.05) is 12.1 Å². The Morgan fingerprint density at radius 1 is 1.33 bits per heavy atom. The fraction of sp³-hybridized carbons (Fsp3) is 0.143. The van der Waals surface area contributed by atoms with E-state index in [4.69, 9.17) is 0 Å². The normalized spacial score (nSPS) is 9.58. The van der Waals surface area contributed by atoms with E-state index in [0.29, 0.717) is 0 Å². The molecule has 0 saturated carbocycles. The van der Waals surface area contributed by atoms with Gasteiger partial charge in [0.1, 0.15) is 5.75 Å². The zero-order valence-corrected chi connectivity index (χ0v) is 6.17. The van der Waals surface area contributed by atoms with Crippen LogP contribution in [-0.4, -0.2) is 7.11 Å². The number of methoxy groups -OCH3 is 1. The van der Waals surface area contributed by atoms with E-state index >= 15 is 0 Å². The van der Waals surface area contributed by atoms with Gasteiger partial charge in [-0.05, 0) is 5.18 Å². The van der Waals surface area contributed by atoms with Crippen molar-refractivity contribution in [2.45, 2.75) is 0 Å². The molecule has 0 spiro atoms. The maximum atomic E-state index is 12.7. The van der Waals surface area contributed by atoms with Crippen LogP contribution in [0.25, 0.3) is 0 Å². The van der Waals surface area contributed by atoms with Crippen LogP contribution in [0.1, 0.15) is 0 Å². The minimum atomic E-state index is -1.03. The minimum Gasteiger partial charge on any atom is -0.497 e. The van der Waals surface area contributed by atoms with E-state index in [0.717, 1.165) is 12.1 Å². The van der Waals surface area contributed by atoms with E-state index in [2.05, 4.69) is 9.91 Å². The van der Waals surface area contributed by atoms with E-state index in [-0.39, 0.29) is 5.75 Å². The minimum absolute atomic E-state index is 0.0115. The van der Waals surface area contributed by atoms with E-state index in [1.165, 1.54) is 7.11 Å². The first-order valence-corrected chi connectivity index (χ1v) is 3.05. The maximum absolute atomic E-state index is 12.7. The molecule has 0 N–H and O–H groups in total. The number of hydrogen-bond donors (Lipinski definition) is 0. The second kappa shape index (κ2) is 3.25. The Bertz CT molecular complexity index is 291. The van der Waals surface area contributed by atoms with E-state index in [9.17, 15) is 13.7 Å². The zero-order chi connectivity index (χ0) is 9.14. The highest BCUT2D eigenvalue weighted by Crippen LogP contribution is 2.26. The van der Waals surface area contributed by atoms with Gasteiger partial charge >= 0.3 is 0 Å². The van der Waals surface area contributed by atoms with Crippen LogP contribution in [0.3, 0.4) is 0 Å². The molecule has 3 nitrogen and oxygen atoms in total. The van der Waals surface area contributed by atoms with Crippen LogP contribution < -0.4 is 4.74 Å². The Labute approximate surface area is 66.9 Å². The van der Waals surface area contributed by atoms with Crippen molar-refractivity contribution in [2.24, 2.45) is 5.18 Å². The molecule has 12 heavy (non-hydrogen) atoms. The average molecular weight is 173 g/mol. The first kappa shape index (κ1) is 8.58. The highest BCUT2D eigenvalue weighted by molar-refractivity contribution is 5.44. The molecule has 0 aliphatic rings. The Kier molecular flexibility index (Phi) is 2.32. The van der Waals surface area contributed by atoms with Gasteiger partial charge in [0.05, 0.1) is 7.11 Å². The lowest BCUT2D eigenvalue weighted by Gasteiger charge is -2.00. The van der Waals surface area contributed by atoms with Crippen LogP contribution in [0.2, 0.25) is 0 Å². The fourth-order valence-corrected chi connectivity index (χ4v) is 0.747. The molecule has 0 bridgehead atoms.